The van der Waals surface area contributed by atoms with Crippen LogP contribution in [0.5, 0.6) is 0 Å². The maximum atomic E-state index is 11.5. The highest BCUT2D eigenvalue weighted by Gasteiger charge is 2.07. The molecule has 0 aliphatic rings. The van der Waals surface area contributed by atoms with Gasteiger partial charge in [-0.15, -0.1) is 0 Å². The molecule has 0 amide bonds. The molecule has 0 saturated heterocycles. The first-order chi connectivity index (χ1) is 6.56. The van der Waals surface area contributed by atoms with Gasteiger partial charge in [-0.3, -0.25) is 14.2 Å². The fourth-order valence-electron chi connectivity index (χ4n) is 1.08. The van der Waals surface area contributed by atoms with Crippen molar-refractivity contribution >= 4 is 11.7 Å². The van der Waals surface area contributed by atoms with Crippen LogP contribution in [0.2, 0.25) is 0 Å². The maximum absolute atomic E-state index is 11.5. The molecule has 0 radical (unpaired) electrons. The molecule has 1 rings (SSSR count). The number of aryl methyl sites for hydroxylation is 1. The minimum atomic E-state index is -0.471. The van der Waals surface area contributed by atoms with E-state index in [-0.39, 0.29) is 17.8 Å². The predicted octanol–water partition coefficient (Wildman–Crippen LogP) is -0.0881. The number of hydrogen-bond acceptors (Lipinski definition) is 4. The summed E-state index contributed by atoms with van der Waals surface area (Å²) in [5.41, 5.74) is 5.86. The fraction of sp³-hybridized carbons (Fsp3) is 0.333. The summed E-state index contributed by atoms with van der Waals surface area (Å²) in [5, 5.41) is 0. The molecule has 5 heteroatoms. The molecule has 2 N–H and O–H groups in total. The molecule has 0 aliphatic carbocycles. The largest absolute Gasteiger partial charge is 0.468 e. The molecule has 5 nitrogen and oxygen atoms in total. The highest BCUT2D eigenvalue weighted by Crippen LogP contribution is 1.99. The summed E-state index contributed by atoms with van der Waals surface area (Å²) in [6.07, 6.45) is 0. The van der Waals surface area contributed by atoms with Crippen LogP contribution in [-0.2, 0) is 16.1 Å². The Bertz CT molecular complexity index is 409. The van der Waals surface area contributed by atoms with E-state index in [1.165, 1.54) is 17.7 Å². The number of pyridine rings is 1. The third-order valence-corrected chi connectivity index (χ3v) is 1.94. The van der Waals surface area contributed by atoms with E-state index >= 15 is 0 Å². The Morgan fingerprint density at radius 2 is 2.21 bits per heavy atom. The van der Waals surface area contributed by atoms with Gasteiger partial charge in [-0.2, -0.15) is 0 Å². The molecular formula is C9H12N2O3. The van der Waals surface area contributed by atoms with Crippen molar-refractivity contribution in [2.45, 2.75) is 13.5 Å². The summed E-state index contributed by atoms with van der Waals surface area (Å²) < 4.78 is 5.74. The highest BCUT2D eigenvalue weighted by molar-refractivity contribution is 5.69. The van der Waals surface area contributed by atoms with Crippen molar-refractivity contribution in [2.75, 3.05) is 12.8 Å². The van der Waals surface area contributed by atoms with Gasteiger partial charge in [0.05, 0.1) is 12.8 Å². The minimum Gasteiger partial charge on any atom is -0.468 e. The van der Waals surface area contributed by atoms with E-state index < -0.39 is 5.97 Å². The van der Waals surface area contributed by atoms with Crippen LogP contribution in [-0.4, -0.2) is 17.6 Å². The zero-order chi connectivity index (χ0) is 10.7. The highest BCUT2D eigenvalue weighted by atomic mass is 16.5. The normalized spacial score (nSPS) is 9.86. The van der Waals surface area contributed by atoms with Gasteiger partial charge < -0.3 is 10.5 Å². The average Bonchev–Trinajstić information content (AvgIpc) is 2.18. The van der Waals surface area contributed by atoms with E-state index in [2.05, 4.69) is 4.74 Å². The second-order valence-corrected chi connectivity index (χ2v) is 2.90. The van der Waals surface area contributed by atoms with E-state index in [1.807, 2.05) is 0 Å². The Balaban J connectivity index is 3.13. The Morgan fingerprint density at radius 3 is 2.79 bits per heavy atom. The number of ether oxygens (including phenoxy) is 1. The number of anilines is 1. The van der Waals surface area contributed by atoms with E-state index in [0.717, 1.165) is 0 Å². The van der Waals surface area contributed by atoms with E-state index in [0.29, 0.717) is 5.69 Å². The van der Waals surface area contributed by atoms with Crippen LogP contribution in [0.3, 0.4) is 0 Å². The molecule has 1 aromatic heterocycles. The van der Waals surface area contributed by atoms with Gasteiger partial charge in [0.25, 0.3) is 5.56 Å². The quantitative estimate of drug-likeness (QED) is 0.671. The van der Waals surface area contributed by atoms with Crippen LogP contribution in [0.25, 0.3) is 0 Å². The molecule has 0 bridgehead atoms. The van der Waals surface area contributed by atoms with Crippen LogP contribution in [0.1, 0.15) is 5.69 Å². The molecule has 0 saturated carbocycles. The molecule has 14 heavy (non-hydrogen) atoms. The Kier molecular flexibility index (Phi) is 2.91. The number of nitrogen functional groups attached to an aromatic ring is 1. The van der Waals surface area contributed by atoms with Gasteiger partial charge in [0.2, 0.25) is 0 Å². The van der Waals surface area contributed by atoms with Crippen LogP contribution >= 0.6 is 0 Å². The Labute approximate surface area is 81.1 Å². The van der Waals surface area contributed by atoms with Crippen molar-refractivity contribution in [3.8, 4) is 0 Å². The molecule has 0 fully saturated rings. The standard InChI is InChI=1S/C9H12N2O3/c1-6-3-4-7(10)9(13)11(6)5-8(12)14-2/h3-4H,5,10H2,1-2H3. The van der Waals surface area contributed by atoms with Gasteiger partial charge in [0.15, 0.2) is 0 Å². The van der Waals surface area contributed by atoms with Crippen LogP contribution in [0.4, 0.5) is 5.69 Å². The smallest absolute Gasteiger partial charge is 0.325 e. The van der Waals surface area contributed by atoms with Gasteiger partial charge in [0.1, 0.15) is 6.54 Å². The zero-order valence-corrected chi connectivity index (χ0v) is 8.11. The monoisotopic (exact) mass is 196 g/mol. The number of hydrogen-bond donors (Lipinski definition) is 1. The van der Waals surface area contributed by atoms with Crippen molar-refractivity contribution in [1.29, 1.82) is 0 Å². The van der Waals surface area contributed by atoms with Crippen molar-refractivity contribution in [1.82, 2.24) is 4.57 Å². The molecule has 0 atom stereocenters. The number of rotatable bonds is 2. The number of carbonyl (C=O) groups excluding carboxylic acids is 1. The van der Waals surface area contributed by atoms with E-state index in [4.69, 9.17) is 5.73 Å². The lowest BCUT2D eigenvalue weighted by Crippen LogP contribution is -2.28. The van der Waals surface area contributed by atoms with Crippen molar-refractivity contribution in [3.05, 3.63) is 28.2 Å². The maximum Gasteiger partial charge on any atom is 0.325 e. The minimum absolute atomic E-state index is 0.105. The predicted molar refractivity (Wildman–Crippen MR) is 51.9 cm³/mol. The van der Waals surface area contributed by atoms with Gasteiger partial charge in [0, 0.05) is 5.69 Å². The third kappa shape index (κ3) is 1.93. The van der Waals surface area contributed by atoms with Gasteiger partial charge in [-0.1, -0.05) is 0 Å². The van der Waals surface area contributed by atoms with Crippen LogP contribution < -0.4 is 11.3 Å². The lowest BCUT2D eigenvalue weighted by atomic mass is 10.3. The first-order valence-corrected chi connectivity index (χ1v) is 4.09. The van der Waals surface area contributed by atoms with Crippen molar-refractivity contribution in [3.63, 3.8) is 0 Å². The summed E-state index contributed by atoms with van der Waals surface area (Å²) in [5.74, 6) is -0.471. The van der Waals surface area contributed by atoms with Gasteiger partial charge in [-0.25, -0.2) is 0 Å². The molecular weight excluding hydrogens is 184 g/mol. The topological polar surface area (TPSA) is 74.3 Å². The molecule has 1 aromatic rings. The number of carbonyl (C=O) groups is 1. The fourth-order valence-corrected chi connectivity index (χ4v) is 1.08. The summed E-state index contributed by atoms with van der Waals surface area (Å²) in [7, 11) is 1.27. The average molecular weight is 196 g/mol. The summed E-state index contributed by atoms with van der Waals surface area (Å²) in [4.78, 5) is 22.4. The van der Waals surface area contributed by atoms with Crippen molar-refractivity contribution in [2.24, 2.45) is 0 Å². The van der Waals surface area contributed by atoms with Crippen LogP contribution in [0.15, 0.2) is 16.9 Å². The van der Waals surface area contributed by atoms with Gasteiger partial charge >= 0.3 is 5.97 Å². The number of esters is 1. The van der Waals surface area contributed by atoms with E-state index in [9.17, 15) is 9.59 Å². The van der Waals surface area contributed by atoms with Gasteiger partial charge in [-0.05, 0) is 19.1 Å². The number of aromatic nitrogens is 1. The zero-order valence-electron chi connectivity index (χ0n) is 8.11. The summed E-state index contributed by atoms with van der Waals surface area (Å²) >= 11 is 0. The first kappa shape index (κ1) is 10.3. The lowest BCUT2D eigenvalue weighted by molar-refractivity contribution is -0.141. The molecule has 1 heterocycles. The third-order valence-electron chi connectivity index (χ3n) is 1.94. The summed E-state index contributed by atoms with van der Waals surface area (Å²) in [6, 6.07) is 3.20. The molecule has 0 spiro atoms. The Hall–Kier alpha value is -1.78. The lowest BCUT2D eigenvalue weighted by Gasteiger charge is -2.08. The molecule has 76 valence electrons. The number of methoxy groups -OCH3 is 1. The van der Waals surface area contributed by atoms with Crippen molar-refractivity contribution < 1.29 is 9.53 Å². The van der Waals surface area contributed by atoms with Crippen LogP contribution in [0, 0.1) is 6.92 Å². The Morgan fingerprint density at radius 1 is 1.57 bits per heavy atom. The molecule has 0 aliphatic heterocycles. The first-order valence-electron chi connectivity index (χ1n) is 4.09. The number of nitrogens with two attached hydrogens (primary N) is 1. The SMILES string of the molecule is COC(=O)Cn1c(C)ccc(N)c1=O. The van der Waals surface area contributed by atoms with E-state index in [1.54, 1.807) is 13.0 Å². The molecule has 0 unspecified atom stereocenters. The number of nitrogens with zero attached hydrogens (tertiary/aromatic N) is 1. The second kappa shape index (κ2) is 3.95. The molecule has 0 aromatic carbocycles. The second-order valence-electron chi connectivity index (χ2n) is 2.90. The summed E-state index contributed by atoms with van der Waals surface area (Å²) in [6.45, 7) is 1.62.